The fraction of sp³-hybridized carbons (Fsp3) is 0.316. The molecule has 25 heavy (non-hydrogen) atoms. The molecule has 2 heterocycles. The summed E-state index contributed by atoms with van der Waals surface area (Å²) < 4.78 is 7.55. The Kier molecular flexibility index (Phi) is 5.83. The van der Waals surface area contributed by atoms with Gasteiger partial charge >= 0.3 is 0 Å². The Morgan fingerprint density at radius 1 is 1.04 bits per heavy atom. The smallest absolute Gasteiger partial charge is 0.196 e. The molecule has 0 unspecified atom stereocenters. The number of benzene rings is 1. The van der Waals surface area contributed by atoms with Gasteiger partial charge in [0.2, 0.25) is 0 Å². The second-order valence-electron chi connectivity index (χ2n) is 5.69. The summed E-state index contributed by atoms with van der Waals surface area (Å²) in [5, 5.41) is 9.73. The van der Waals surface area contributed by atoms with Crippen molar-refractivity contribution in [1.29, 1.82) is 0 Å². The lowest BCUT2D eigenvalue weighted by Gasteiger charge is -2.12. The maximum atomic E-state index is 5.44. The first-order chi connectivity index (χ1) is 12.2. The van der Waals surface area contributed by atoms with Crippen LogP contribution in [0.1, 0.15) is 18.1 Å². The van der Waals surface area contributed by atoms with Crippen molar-refractivity contribution in [1.82, 2.24) is 19.7 Å². The number of thioether (sulfide) groups is 1. The molecule has 0 amide bonds. The van der Waals surface area contributed by atoms with Gasteiger partial charge in [0, 0.05) is 30.3 Å². The van der Waals surface area contributed by atoms with Gasteiger partial charge in [0.25, 0.3) is 0 Å². The van der Waals surface area contributed by atoms with Crippen molar-refractivity contribution < 1.29 is 4.74 Å². The zero-order chi connectivity index (χ0) is 17.6. The molecule has 0 fully saturated rings. The molecular formula is C19H22N4OS. The average Bonchev–Trinajstić information content (AvgIpc) is 3.06. The third-order valence-corrected chi connectivity index (χ3v) is 4.88. The average molecular weight is 354 g/mol. The van der Waals surface area contributed by atoms with Crippen LogP contribution in [0.5, 0.6) is 0 Å². The predicted octanol–water partition coefficient (Wildman–Crippen LogP) is 4.07. The number of ether oxygens (including phenoxy) is 1. The Bertz CT molecular complexity index is 833. The molecule has 5 nitrogen and oxygen atoms in total. The minimum atomic E-state index is 0.700. The van der Waals surface area contributed by atoms with Crippen LogP contribution in [0.4, 0.5) is 0 Å². The second kappa shape index (κ2) is 8.27. The van der Waals surface area contributed by atoms with E-state index in [9.17, 15) is 0 Å². The van der Waals surface area contributed by atoms with E-state index in [-0.39, 0.29) is 0 Å². The van der Waals surface area contributed by atoms with Crippen LogP contribution in [-0.2, 0) is 4.74 Å². The number of rotatable bonds is 7. The Morgan fingerprint density at radius 2 is 1.84 bits per heavy atom. The van der Waals surface area contributed by atoms with E-state index in [0.717, 1.165) is 34.6 Å². The van der Waals surface area contributed by atoms with Crippen molar-refractivity contribution in [2.24, 2.45) is 0 Å². The van der Waals surface area contributed by atoms with Crippen molar-refractivity contribution in [2.75, 3.05) is 19.0 Å². The maximum absolute atomic E-state index is 5.44. The van der Waals surface area contributed by atoms with Crippen LogP contribution >= 0.6 is 11.8 Å². The minimum absolute atomic E-state index is 0.700. The first-order valence-electron chi connectivity index (χ1n) is 8.34. The van der Waals surface area contributed by atoms with Gasteiger partial charge in [0.05, 0.1) is 12.3 Å². The number of nitrogens with zero attached hydrogens (tertiary/aromatic N) is 4. The SMILES string of the molecule is CCOCCSc1nnc(-c2ccncc2)n1-c1ccc(C)c(C)c1. The summed E-state index contributed by atoms with van der Waals surface area (Å²) in [6.07, 6.45) is 3.55. The van der Waals surface area contributed by atoms with Crippen LogP contribution in [0.15, 0.2) is 47.9 Å². The summed E-state index contributed by atoms with van der Waals surface area (Å²) in [7, 11) is 0. The van der Waals surface area contributed by atoms with Gasteiger partial charge in [-0.1, -0.05) is 17.8 Å². The Balaban J connectivity index is 2.01. The standard InChI is InChI=1S/C19H22N4OS/c1-4-24-11-12-25-19-22-21-18(16-7-9-20-10-8-16)23(19)17-6-5-14(2)15(3)13-17/h5-10,13H,4,11-12H2,1-3H3. The number of aryl methyl sites for hydroxylation is 2. The van der Waals surface area contributed by atoms with E-state index in [1.807, 2.05) is 19.1 Å². The van der Waals surface area contributed by atoms with E-state index in [4.69, 9.17) is 4.74 Å². The highest BCUT2D eigenvalue weighted by atomic mass is 32.2. The fourth-order valence-corrected chi connectivity index (χ4v) is 3.29. The van der Waals surface area contributed by atoms with Crippen LogP contribution in [0.3, 0.4) is 0 Å². The third kappa shape index (κ3) is 4.08. The minimum Gasteiger partial charge on any atom is -0.381 e. The summed E-state index contributed by atoms with van der Waals surface area (Å²) in [5.74, 6) is 1.66. The summed E-state index contributed by atoms with van der Waals surface area (Å²) in [4.78, 5) is 4.10. The topological polar surface area (TPSA) is 52.8 Å². The van der Waals surface area contributed by atoms with Crippen LogP contribution in [0.2, 0.25) is 0 Å². The summed E-state index contributed by atoms with van der Waals surface area (Å²) in [5.41, 5.74) is 4.58. The van der Waals surface area contributed by atoms with Crippen LogP contribution < -0.4 is 0 Å². The van der Waals surface area contributed by atoms with Gasteiger partial charge in [-0.15, -0.1) is 10.2 Å². The van der Waals surface area contributed by atoms with Gasteiger partial charge in [-0.3, -0.25) is 9.55 Å². The molecular weight excluding hydrogens is 332 g/mol. The lowest BCUT2D eigenvalue weighted by molar-refractivity contribution is 0.164. The molecule has 0 spiro atoms. The van der Waals surface area contributed by atoms with Crippen molar-refractivity contribution >= 4 is 11.8 Å². The molecule has 0 saturated heterocycles. The van der Waals surface area contributed by atoms with Gasteiger partial charge < -0.3 is 4.74 Å². The van der Waals surface area contributed by atoms with Gasteiger partial charge in [0.1, 0.15) is 0 Å². The van der Waals surface area contributed by atoms with Crippen LogP contribution in [-0.4, -0.2) is 38.7 Å². The quantitative estimate of drug-likeness (QED) is 0.473. The van der Waals surface area contributed by atoms with Crippen molar-refractivity contribution in [3.05, 3.63) is 53.9 Å². The van der Waals surface area contributed by atoms with Crippen LogP contribution in [0, 0.1) is 13.8 Å². The monoisotopic (exact) mass is 354 g/mol. The molecule has 0 atom stereocenters. The van der Waals surface area contributed by atoms with Crippen LogP contribution in [0.25, 0.3) is 17.1 Å². The normalized spacial score (nSPS) is 11.0. The number of hydrogen-bond donors (Lipinski definition) is 0. The second-order valence-corrected chi connectivity index (χ2v) is 6.75. The summed E-state index contributed by atoms with van der Waals surface area (Å²) >= 11 is 1.66. The number of hydrogen-bond acceptors (Lipinski definition) is 5. The molecule has 1 aromatic carbocycles. The molecule has 0 N–H and O–H groups in total. The molecule has 0 saturated carbocycles. The maximum Gasteiger partial charge on any atom is 0.196 e. The first kappa shape index (κ1) is 17.6. The lowest BCUT2D eigenvalue weighted by atomic mass is 10.1. The molecule has 3 rings (SSSR count). The van der Waals surface area contributed by atoms with E-state index in [2.05, 4.69) is 51.8 Å². The zero-order valence-electron chi connectivity index (χ0n) is 14.8. The predicted molar refractivity (Wildman–Crippen MR) is 101 cm³/mol. The van der Waals surface area contributed by atoms with Gasteiger partial charge in [-0.05, 0) is 56.2 Å². The highest BCUT2D eigenvalue weighted by molar-refractivity contribution is 7.99. The highest BCUT2D eigenvalue weighted by Gasteiger charge is 2.16. The molecule has 0 aliphatic rings. The molecule has 3 aromatic rings. The van der Waals surface area contributed by atoms with E-state index in [1.165, 1.54) is 11.1 Å². The van der Waals surface area contributed by atoms with Gasteiger partial charge in [0.15, 0.2) is 11.0 Å². The largest absolute Gasteiger partial charge is 0.381 e. The third-order valence-electron chi connectivity index (χ3n) is 3.98. The fourth-order valence-electron chi connectivity index (χ4n) is 2.49. The number of pyridine rings is 1. The summed E-state index contributed by atoms with van der Waals surface area (Å²) in [6.45, 7) is 7.67. The van der Waals surface area contributed by atoms with Gasteiger partial charge in [-0.2, -0.15) is 0 Å². The molecule has 6 heteroatoms. The Morgan fingerprint density at radius 3 is 2.56 bits per heavy atom. The van der Waals surface area contributed by atoms with Crippen molar-refractivity contribution in [3.63, 3.8) is 0 Å². The van der Waals surface area contributed by atoms with E-state index >= 15 is 0 Å². The van der Waals surface area contributed by atoms with E-state index < -0.39 is 0 Å². The lowest BCUT2D eigenvalue weighted by Crippen LogP contribution is -2.02. The molecule has 0 aliphatic heterocycles. The first-order valence-corrected chi connectivity index (χ1v) is 9.33. The molecule has 2 aromatic heterocycles. The van der Waals surface area contributed by atoms with E-state index in [1.54, 1.807) is 24.2 Å². The molecule has 0 aliphatic carbocycles. The highest BCUT2D eigenvalue weighted by Crippen LogP contribution is 2.28. The molecule has 0 radical (unpaired) electrons. The Hall–Kier alpha value is -2.18. The van der Waals surface area contributed by atoms with Gasteiger partial charge in [-0.25, -0.2) is 0 Å². The molecule has 0 bridgehead atoms. The molecule has 130 valence electrons. The summed E-state index contributed by atoms with van der Waals surface area (Å²) in [6, 6.07) is 10.3. The zero-order valence-corrected chi connectivity index (χ0v) is 15.6. The van der Waals surface area contributed by atoms with Crippen molar-refractivity contribution in [2.45, 2.75) is 25.9 Å². The van der Waals surface area contributed by atoms with Crippen molar-refractivity contribution in [3.8, 4) is 17.1 Å². The Labute approximate surface area is 152 Å². The van der Waals surface area contributed by atoms with E-state index in [0.29, 0.717) is 6.61 Å². The number of aromatic nitrogens is 4.